The summed E-state index contributed by atoms with van der Waals surface area (Å²) in [4.78, 5) is 2.25. The van der Waals surface area contributed by atoms with Crippen LogP contribution in [0.25, 0.3) is 0 Å². The van der Waals surface area contributed by atoms with Crippen LogP contribution in [0.3, 0.4) is 0 Å². The summed E-state index contributed by atoms with van der Waals surface area (Å²) in [5, 5.41) is 3.57. The monoisotopic (exact) mass is 250 g/mol. The summed E-state index contributed by atoms with van der Waals surface area (Å²) in [5.74, 6) is 0.907. The maximum Gasteiger partial charge on any atom is 0.119 e. The number of methoxy groups -OCH3 is 1. The predicted molar refractivity (Wildman–Crippen MR) is 77.2 cm³/mol. The number of nitrogens with one attached hydrogen (secondary N) is 1. The number of ether oxygens (including phenoxy) is 1. The second-order valence-corrected chi connectivity index (χ2v) is 5.32. The summed E-state index contributed by atoms with van der Waals surface area (Å²) in [6, 6.07) is 8.56. The Morgan fingerprint density at radius 1 is 1.33 bits per heavy atom. The molecule has 1 unspecified atom stereocenters. The van der Waals surface area contributed by atoms with Crippen LogP contribution in [0.4, 0.5) is 0 Å². The SMILES string of the molecule is CCNC(c1cccc(OC)c1)C(C)(C)N(C)C. The van der Waals surface area contributed by atoms with Crippen molar-refractivity contribution >= 4 is 0 Å². The van der Waals surface area contributed by atoms with Crippen molar-refractivity contribution in [2.45, 2.75) is 32.4 Å². The van der Waals surface area contributed by atoms with Crippen LogP contribution in [0.1, 0.15) is 32.4 Å². The molecule has 0 fully saturated rings. The molecule has 1 rings (SSSR count). The minimum atomic E-state index is 0.0301. The van der Waals surface area contributed by atoms with Gasteiger partial charge < -0.3 is 15.0 Å². The predicted octanol–water partition coefficient (Wildman–Crippen LogP) is 2.69. The third-order valence-electron chi connectivity index (χ3n) is 3.69. The molecule has 1 N–H and O–H groups in total. The average molecular weight is 250 g/mol. The van der Waals surface area contributed by atoms with Crippen molar-refractivity contribution in [3.63, 3.8) is 0 Å². The molecular weight excluding hydrogens is 224 g/mol. The number of nitrogens with zero attached hydrogens (tertiary/aromatic N) is 1. The minimum Gasteiger partial charge on any atom is -0.497 e. The summed E-state index contributed by atoms with van der Waals surface area (Å²) < 4.78 is 5.31. The maximum atomic E-state index is 5.31. The van der Waals surface area contributed by atoms with Gasteiger partial charge in [-0.2, -0.15) is 0 Å². The lowest BCUT2D eigenvalue weighted by atomic mass is 9.87. The lowest BCUT2D eigenvalue weighted by molar-refractivity contribution is 0.139. The summed E-state index contributed by atoms with van der Waals surface area (Å²) in [6.45, 7) is 7.58. The highest BCUT2D eigenvalue weighted by atomic mass is 16.5. The van der Waals surface area contributed by atoms with Crippen molar-refractivity contribution < 1.29 is 4.74 Å². The van der Waals surface area contributed by atoms with E-state index in [1.165, 1.54) is 5.56 Å². The quantitative estimate of drug-likeness (QED) is 0.840. The van der Waals surface area contributed by atoms with E-state index in [1.807, 2.05) is 12.1 Å². The van der Waals surface area contributed by atoms with Crippen LogP contribution in [-0.4, -0.2) is 38.2 Å². The number of hydrogen-bond acceptors (Lipinski definition) is 3. The Labute approximate surface area is 111 Å². The molecule has 0 spiro atoms. The van der Waals surface area contributed by atoms with Crippen LogP contribution in [0, 0.1) is 0 Å². The highest BCUT2D eigenvalue weighted by molar-refractivity contribution is 5.32. The van der Waals surface area contributed by atoms with Crippen molar-refractivity contribution in [3.8, 4) is 5.75 Å². The smallest absolute Gasteiger partial charge is 0.119 e. The standard InChI is InChI=1S/C15H26N2O/c1-7-16-14(15(2,3)17(4)5)12-9-8-10-13(11-12)18-6/h8-11,14,16H,7H2,1-6H3. The zero-order valence-corrected chi connectivity index (χ0v) is 12.4. The van der Waals surface area contributed by atoms with Gasteiger partial charge in [0.2, 0.25) is 0 Å². The van der Waals surface area contributed by atoms with Gasteiger partial charge in [0, 0.05) is 5.54 Å². The Morgan fingerprint density at radius 2 is 2.00 bits per heavy atom. The molecule has 18 heavy (non-hydrogen) atoms. The molecule has 0 heterocycles. The van der Waals surface area contributed by atoms with Crippen molar-refractivity contribution in [2.75, 3.05) is 27.7 Å². The minimum absolute atomic E-state index is 0.0301. The van der Waals surface area contributed by atoms with E-state index in [4.69, 9.17) is 4.74 Å². The summed E-state index contributed by atoms with van der Waals surface area (Å²) in [7, 11) is 5.94. The lowest BCUT2D eigenvalue weighted by Gasteiger charge is -2.41. The molecule has 3 heteroatoms. The van der Waals surface area contributed by atoms with Crippen molar-refractivity contribution in [1.29, 1.82) is 0 Å². The Kier molecular flexibility index (Phi) is 5.17. The van der Waals surface area contributed by atoms with Crippen molar-refractivity contribution in [2.24, 2.45) is 0 Å². The Hall–Kier alpha value is -1.06. The zero-order valence-electron chi connectivity index (χ0n) is 12.4. The van der Waals surface area contributed by atoms with Gasteiger partial charge in [-0.3, -0.25) is 0 Å². The van der Waals surface area contributed by atoms with E-state index in [2.05, 4.69) is 57.2 Å². The topological polar surface area (TPSA) is 24.5 Å². The largest absolute Gasteiger partial charge is 0.497 e. The van der Waals surface area contributed by atoms with E-state index in [9.17, 15) is 0 Å². The van der Waals surface area contributed by atoms with E-state index in [0.717, 1.165) is 12.3 Å². The van der Waals surface area contributed by atoms with Gasteiger partial charge in [0.15, 0.2) is 0 Å². The van der Waals surface area contributed by atoms with Crippen molar-refractivity contribution in [1.82, 2.24) is 10.2 Å². The summed E-state index contributed by atoms with van der Waals surface area (Å²) in [6.07, 6.45) is 0. The highest BCUT2D eigenvalue weighted by Gasteiger charge is 2.32. The maximum absolute atomic E-state index is 5.31. The summed E-state index contributed by atoms with van der Waals surface area (Å²) in [5.41, 5.74) is 1.29. The summed E-state index contributed by atoms with van der Waals surface area (Å²) >= 11 is 0. The first-order valence-electron chi connectivity index (χ1n) is 6.48. The number of benzene rings is 1. The fourth-order valence-corrected chi connectivity index (χ4v) is 2.06. The first kappa shape index (κ1) is 15.0. The van der Waals surface area contributed by atoms with Gasteiger partial charge in [0.05, 0.1) is 13.2 Å². The molecule has 0 aromatic heterocycles. The molecule has 102 valence electrons. The Balaban J connectivity index is 3.11. The van der Waals surface area contributed by atoms with E-state index in [0.29, 0.717) is 0 Å². The first-order chi connectivity index (χ1) is 8.43. The van der Waals surface area contributed by atoms with Crippen LogP contribution >= 0.6 is 0 Å². The van der Waals surface area contributed by atoms with E-state index in [1.54, 1.807) is 7.11 Å². The molecule has 0 saturated heterocycles. The third-order valence-corrected chi connectivity index (χ3v) is 3.69. The second-order valence-electron chi connectivity index (χ2n) is 5.32. The van der Waals surface area contributed by atoms with Gasteiger partial charge in [0.25, 0.3) is 0 Å². The van der Waals surface area contributed by atoms with Gasteiger partial charge in [-0.05, 0) is 52.2 Å². The number of likely N-dealkylation sites (N-methyl/N-ethyl adjacent to an activating group) is 2. The average Bonchev–Trinajstić information content (AvgIpc) is 2.35. The highest BCUT2D eigenvalue weighted by Crippen LogP contribution is 2.31. The molecule has 0 saturated carbocycles. The Morgan fingerprint density at radius 3 is 2.50 bits per heavy atom. The Bertz CT molecular complexity index is 375. The molecule has 0 aliphatic carbocycles. The van der Waals surface area contributed by atoms with Gasteiger partial charge in [-0.15, -0.1) is 0 Å². The molecule has 0 bridgehead atoms. The fraction of sp³-hybridized carbons (Fsp3) is 0.600. The molecule has 3 nitrogen and oxygen atoms in total. The zero-order chi connectivity index (χ0) is 13.8. The first-order valence-corrected chi connectivity index (χ1v) is 6.48. The van der Waals surface area contributed by atoms with Crippen LogP contribution in [0.15, 0.2) is 24.3 Å². The molecule has 1 atom stereocenters. The van der Waals surface area contributed by atoms with E-state index in [-0.39, 0.29) is 11.6 Å². The van der Waals surface area contributed by atoms with Gasteiger partial charge >= 0.3 is 0 Å². The molecule has 0 aliphatic heterocycles. The van der Waals surface area contributed by atoms with Gasteiger partial charge in [-0.1, -0.05) is 19.1 Å². The van der Waals surface area contributed by atoms with E-state index >= 15 is 0 Å². The second kappa shape index (κ2) is 6.21. The number of rotatable bonds is 6. The molecule has 1 aromatic carbocycles. The molecule has 0 amide bonds. The fourth-order valence-electron chi connectivity index (χ4n) is 2.06. The van der Waals surface area contributed by atoms with Gasteiger partial charge in [0.1, 0.15) is 5.75 Å². The van der Waals surface area contributed by atoms with Crippen LogP contribution in [0.2, 0.25) is 0 Å². The number of hydrogen-bond donors (Lipinski definition) is 1. The third kappa shape index (κ3) is 3.24. The van der Waals surface area contributed by atoms with E-state index < -0.39 is 0 Å². The van der Waals surface area contributed by atoms with Crippen molar-refractivity contribution in [3.05, 3.63) is 29.8 Å². The molecular formula is C15H26N2O. The normalized spacial score (nSPS) is 13.7. The van der Waals surface area contributed by atoms with Crippen LogP contribution in [0.5, 0.6) is 5.75 Å². The van der Waals surface area contributed by atoms with Crippen LogP contribution < -0.4 is 10.1 Å². The van der Waals surface area contributed by atoms with Gasteiger partial charge in [-0.25, -0.2) is 0 Å². The molecule has 1 aromatic rings. The lowest BCUT2D eigenvalue weighted by Crippen LogP contribution is -2.49. The molecule has 0 radical (unpaired) electrons. The molecule has 0 aliphatic rings. The van der Waals surface area contributed by atoms with Crippen LogP contribution in [-0.2, 0) is 0 Å².